The molecule has 0 radical (unpaired) electrons. The monoisotopic (exact) mass is 460 g/mol. The molecule has 150 valence electrons. The summed E-state index contributed by atoms with van der Waals surface area (Å²) < 4.78 is 66.8. The number of benzene rings is 1. The van der Waals surface area contributed by atoms with Gasteiger partial charge < -0.3 is 4.18 Å². The van der Waals surface area contributed by atoms with E-state index >= 15 is 0 Å². The van der Waals surface area contributed by atoms with Gasteiger partial charge in [0.2, 0.25) is 0 Å². The van der Waals surface area contributed by atoms with Gasteiger partial charge in [-0.3, -0.25) is 9.36 Å². The Hall–Kier alpha value is -2.63. The molecular weight excluding hydrogens is 453 g/mol. The zero-order valence-electron chi connectivity index (χ0n) is 14.0. The van der Waals surface area contributed by atoms with Crippen molar-refractivity contribution < 1.29 is 25.8 Å². The lowest BCUT2D eigenvalue weighted by atomic mass is 10.2. The van der Waals surface area contributed by atoms with E-state index in [-0.39, 0.29) is 20.3 Å². The molecule has 3 aromatic heterocycles. The molecule has 0 atom stereocenters. The molecular formula is C17H8ClF3N2O4S2. The maximum absolute atomic E-state index is 12.9. The zero-order chi connectivity index (χ0) is 21.0. The molecule has 0 aliphatic rings. The summed E-state index contributed by atoms with van der Waals surface area (Å²) in [5.74, 6) is -0.554. The lowest BCUT2D eigenvalue weighted by Crippen LogP contribution is -2.28. The molecule has 0 unspecified atom stereocenters. The highest BCUT2D eigenvalue weighted by Gasteiger charge is 2.48. The van der Waals surface area contributed by atoms with Crippen molar-refractivity contribution in [3.8, 4) is 11.4 Å². The minimum Gasteiger partial charge on any atom is -0.375 e. The van der Waals surface area contributed by atoms with E-state index in [2.05, 4.69) is 9.17 Å². The number of hydrogen-bond acceptors (Lipinski definition) is 6. The molecule has 3 heterocycles. The Balaban J connectivity index is 1.93. The molecule has 4 rings (SSSR count). The predicted octanol–water partition coefficient (Wildman–Crippen LogP) is 4.48. The van der Waals surface area contributed by atoms with Crippen molar-refractivity contribution in [2.45, 2.75) is 5.51 Å². The largest absolute Gasteiger partial charge is 0.534 e. The summed E-state index contributed by atoms with van der Waals surface area (Å²) in [5, 5.41) is 0.739. The Labute approximate surface area is 169 Å². The fourth-order valence-electron chi connectivity index (χ4n) is 2.70. The number of thiophene rings is 1. The lowest BCUT2D eigenvalue weighted by molar-refractivity contribution is -0.0499. The van der Waals surface area contributed by atoms with Crippen LogP contribution in [0.1, 0.15) is 0 Å². The first-order chi connectivity index (χ1) is 13.6. The van der Waals surface area contributed by atoms with Crippen molar-refractivity contribution in [1.29, 1.82) is 0 Å². The summed E-state index contributed by atoms with van der Waals surface area (Å²) in [5.41, 5.74) is -5.50. The highest BCUT2D eigenvalue weighted by atomic mass is 35.5. The fourth-order valence-corrected chi connectivity index (χ4v) is 4.38. The number of halogens is 4. The van der Waals surface area contributed by atoms with Crippen LogP contribution in [0, 0.1) is 0 Å². The first kappa shape index (κ1) is 19.7. The van der Waals surface area contributed by atoms with Crippen LogP contribution >= 0.6 is 22.9 Å². The van der Waals surface area contributed by atoms with Crippen molar-refractivity contribution in [2.24, 2.45) is 0 Å². The Morgan fingerprint density at radius 3 is 2.45 bits per heavy atom. The molecule has 0 fully saturated rings. The van der Waals surface area contributed by atoms with Crippen molar-refractivity contribution in [2.75, 3.05) is 0 Å². The SMILES string of the molecule is O=c1c2sc3nccc(OS(=O)(=O)C(F)(F)F)c3c2ccn1-c1ccc(Cl)cc1. The van der Waals surface area contributed by atoms with E-state index in [1.807, 2.05) is 0 Å². The third-order valence-electron chi connectivity index (χ3n) is 3.98. The molecule has 0 amide bonds. The second kappa shape index (κ2) is 6.71. The Kier molecular flexibility index (Phi) is 4.56. The standard InChI is InChI=1S/C17H8ClF3N2O4S2/c18-9-1-3-10(4-2-9)23-8-6-11-13-12(27-29(25,26)17(19,20)21)5-7-22-15(13)28-14(11)16(23)24/h1-8H. The number of aromatic nitrogens is 2. The fraction of sp³-hybridized carbons (Fsp3) is 0.0588. The van der Waals surface area contributed by atoms with E-state index in [9.17, 15) is 26.4 Å². The molecule has 29 heavy (non-hydrogen) atoms. The quantitative estimate of drug-likeness (QED) is 0.333. The first-order valence-corrected chi connectivity index (χ1v) is 10.4. The van der Waals surface area contributed by atoms with Crippen molar-refractivity contribution in [3.05, 3.63) is 64.2 Å². The van der Waals surface area contributed by atoms with Crippen LogP contribution in [0.3, 0.4) is 0 Å². The van der Waals surface area contributed by atoms with E-state index in [4.69, 9.17) is 11.6 Å². The van der Waals surface area contributed by atoms with Crippen LogP contribution in [0.2, 0.25) is 5.02 Å². The third kappa shape index (κ3) is 3.34. The normalized spacial score (nSPS) is 12.6. The summed E-state index contributed by atoms with van der Waals surface area (Å²) in [6.45, 7) is 0. The molecule has 0 aliphatic carbocycles. The number of rotatable bonds is 3. The first-order valence-electron chi connectivity index (χ1n) is 7.78. The lowest BCUT2D eigenvalue weighted by Gasteiger charge is -2.10. The molecule has 12 heteroatoms. The molecule has 6 nitrogen and oxygen atoms in total. The van der Waals surface area contributed by atoms with Crippen LogP contribution in [0.5, 0.6) is 5.75 Å². The number of alkyl halides is 3. The smallest absolute Gasteiger partial charge is 0.375 e. The van der Waals surface area contributed by atoms with Crippen LogP contribution in [0.25, 0.3) is 26.0 Å². The van der Waals surface area contributed by atoms with Crippen LogP contribution in [0.15, 0.2) is 53.6 Å². The third-order valence-corrected chi connectivity index (χ3v) is 6.30. The molecule has 0 saturated carbocycles. The molecule has 0 N–H and O–H groups in total. The van der Waals surface area contributed by atoms with Gasteiger partial charge in [0.1, 0.15) is 9.53 Å². The van der Waals surface area contributed by atoms with E-state index in [1.54, 1.807) is 24.3 Å². The molecule has 1 aromatic carbocycles. The van der Waals surface area contributed by atoms with Gasteiger partial charge in [0, 0.05) is 34.6 Å². The van der Waals surface area contributed by atoms with Crippen LogP contribution in [0.4, 0.5) is 13.2 Å². The van der Waals surface area contributed by atoms with Gasteiger partial charge in [-0.25, -0.2) is 4.98 Å². The average molecular weight is 461 g/mol. The predicted molar refractivity (Wildman–Crippen MR) is 103 cm³/mol. The minimum atomic E-state index is -5.87. The Bertz CT molecular complexity index is 1410. The van der Waals surface area contributed by atoms with E-state index in [1.165, 1.54) is 16.8 Å². The van der Waals surface area contributed by atoms with Crippen LogP contribution < -0.4 is 9.74 Å². The van der Waals surface area contributed by atoms with Gasteiger partial charge in [0.15, 0.2) is 5.75 Å². The van der Waals surface area contributed by atoms with Gasteiger partial charge in [-0.15, -0.1) is 11.3 Å². The maximum Gasteiger partial charge on any atom is 0.534 e. The molecule has 0 bridgehead atoms. The maximum atomic E-state index is 12.9. The molecule has 4 aromatic rings. The highest BCUT2D eigenvalue weighted by Crippen LogP contribution is 2.38. The topological polar surface area (TPSA) is 78.3 Å². The summed E-state index contributed by atoms with van der Waals surface area (Å²) in [4.78, 5) is 17.1. The van der Waals surface area contributed by atoms with Gasteiger partial charge in [-0.05, 0) is 30.3 Å². The van der Waals surface area contributed by atoms with Gasteiger partial charge >= 0.3 is 15.6 Å². The minimum absolute atomic E-state index is 0.0145. The van der Waals surface area contributed by atoms with Gasteiger partial charge in [0.25, 0.3) is 5.56 Å². The second-order valence-electron chi connectivity index (χ2n) is 5.78. The van der Waals surface area contributed by atoms with Crippen LogP contribution in [-0.2, 0) is 10.1 Å². The Morgan fingerprint density at radius 1 is 1.10 bits per heavy atom. The summed E-state index contributed by atoms with van der Waals surface area (Å²) >= 11 is 6.77. The van der Waals surface area contributed by atoms with Gasteiger partial charge in [0.05, 0.1) is 5.39 Å². The number of fused-ring (bicyclic) bond motifs is 3. The van der Waals surface area contributed by atoms with Crippen molar-refractivity contribution >= 4 is 53.4 Å². The van der Waals surface area contributed by atoms with Gasteiger partial charge in [-0.2, -0.15) is 21.6 Å². The average Bonchev–Trinajstić information content (AvgIpc) is 3.02. The Morgan fingerprint density at radius 2 is 1.79 bits per heavy atom. The molecule has 0 aliphatic heterocycles. The highest BCUT2D eigenvalue weighted by molar-refractivity contribution is 7.88. The van der Waals surface area contributed by atoms with E-state index < -0.39 is 26.9 Å². The number of nitrogens with zero attached hydrogens (tertiary/aromatic N) is 2. The van der Waals surface area contributed by atoms with E-state index in [0.717, 1.165) is 23.6 Å². The van der Waals surface area contributed by atoms with Crippen molar-refractivity contribution in [1.82, 2.24) is 9.55 Å². The summed E-state index contributed by atoms with van der Waals surface area (Å²) in [7, 11) is -5.87. The van der Waals surface area contributed by atoms with E-state index in [0.29, 0.717) is 10.7 Å². The summed E-state index contributed by atoms with van der Waals surface area (Å²) in [6, 6.07) is 8.96. The second-order valence-corrected chi connectivity index (χ2v) is 8.76. The van der Waals surface area contributed by atoms with Crippen LogP contribution in [-0.4, -0.2) is 23.5 Å². The van der Waals surface area contributed by atoms with Gasteiger partial charge in [-0.1, -0.05) is 11.6 Å². The molecule has 0 spiro atoms. The number of hydrogen-bond donors (Lipinski definition) is 0. The zero-order valence-corrected chi connectivity index (χ0v) is 16.4. The molecule has 0 saturated heterocycles. The number of pyridine rings is 2. The summed E-state index contributed by atoms with van der Waals surface area (Å²) in [6.07, 6.45) is 2.53. The van der Waals surface area contributed by atoms with Crippen molar-refractivity contribution in [3.63, 3.8) is 0 Å².